The molecule has 2 rings (SSSR count). The second-order valence-electron chi connectivity index (χ2n) is 3.81. The number of amides is 1. The van der Waals surface area contributed by atoms with E-state index in [9.17, 15) is 4.79 Å². The fraction of sp³-hybridized carbons (Fsp3) is 0.400. The van der Waals surface area contributed by atoms with Crippen LogP contribution in [0.3, 0.4) is 0 Å². The molecule has 1 aromatic rings. The van der Waals surface area contributed by atoms with Gasteiger partial charge in [-0.05, 0) is 19.1 Å². The molecule has 1 aliphatic rings. The van der Waals surface area contributed by atoms with Crippen molar-refractivity contribution < 1.29 is 4.79 Å². The second-order valence-corrected chi connectivity index (χ2v) is 4.20. The predicted molar refractivity (Wildman–Crippen MR) is 60.6 cm³/mol. The molecule has 1 N–H and O–H groups in total. The van der Waals surface area contributed by atoms with E-state index in [-0.39, 0.29) is 5.91 Å². The van der Waals surface area contributed by atoms with Gasteiger partial charge in [-0.1, -0.05) is 11.6 Å². The molecule has 1 aromatic heterocycles. The van der Waals surface area contributed by atoms with Crippen LogP contribution in [0, 0.1) is 0 Å². The molecule has 1 aliphatic heterocycles. The number of hydrogen-bond donors (Lipinski definition) is 1. The summed E-state index contributed by atoms with van der Waals surface area (Å²) in [6, 6.07) is 3.32. The highest BCUT2D eigenvalue weighted by Gasteiger charge is 2.35. The van der Waals surface area contributed by atoms with Gasteiger partial charge in [0.25, 0.3) is 5.91 Å². The quantitative estimate of drug-likeness (QED) is 0.804. The summed E-state index contributed by atoms with van der Waals surface area (Å²) in [6.45, 7) is 2.37. The molecule has 1 unspecified atom stereocenters. The van der Waals surface area contributed by atoms with E-state index in [1.807, 2.05) is 0 Å². The number of carbonyl (C=O) groups excluding carboxylic acids is 1. The first-order valence-electron chi connectivity index (χ1n) is 4.92. The monoisotopic (exact) mass is 238 g/mol. The third-order valence-electron chi connectivity index (χ3n) is 2.46. The van der Waals surface area contributed by atoms with Crippen LogP contribution in [0.1, 0.15) is 13.3 Å². The summed E-state index contributed by atoms with van der Waals surface area (Å²) in [4.78, 5) is 15.8. The van der Waals surface area contributed by atoms with Gasteiger partial charge >= 0.3 is 0 Å². The van der Waals surface area contributed by atoms with Crippen LogP contribution >= 0.6 is 11.6 Å². The Morgan fingerprint density at radius 3 is 2.94 bits per heavy atom. The fourth-order valence-corrected chi connectivity index (χ4v) is 1.51. The second kappa shape index (κ2) is 4.17. The average Bonchev–Trinajstić information content (AvgIpc) is 2.70. The van der Waals surface area contributed by atoms with Crippen LogP contribution in [-0.2, 0) is 4.79 Å². The van der Waals surface area contributed by atoms with Crippen molar-refractivity contribution in [3.05, 3.63) is 23.5 Å². The number of rotatable bonds is 2. The first-order chi connectivity index (χ1) is 7.60. The molecule has 0 saturated carbocycles. The Kier molecular flexibility index (Phi) is 2.87. The molecular weight excluding hydrogens is 228 g/mol. The first-order valence-corrected chi connectivity index (χ1v) is 5.30. The maximum absolute atomic E-state index is 11.9. The third-order valence-corrected chi connectivity index (χ3v) is 2.69. The lowest BCUT2D eigenvalue weighted by atomic mass is 9.99. The van der Waals surface area contributed by atoms with Gasteiger partial charge in [0.1, 0.15) is 5.15 Å². The van der Waals surface area contributed by atoms with Crippen LogP contribution in [0.4, 0.5) is 5.69 Å². The third kappa shape index (κ3) is 2.19. The minimum atomic E-state index is -0.750. The van der Waals surface area contributed by atoms with Gasteiger partial charge in [-0.15, -0.1) is 0 Å². The van der Waals surface area contributed by atoms with Gasteiger partial charge in [0.2, 0.25) is 0 Å². The smallest absolute Gasteiger partial charge is 0.254 e. The van der Waals surface area contributed by atoms with E-state index in [4.69, 9.17) is 11.6 Å². The minimum Gasteiger partial charge on any atom is -0.323 e. The molecular formula is C10H11ClN4O. The molecule has 0 bridgehead atoms. The molecule has 0 saturated heterocycles. The van der Waals surface area contributed by atoms with Crippen LogP contribution in [0.15, 0.2) is 28.6 Å². The molecule has 0 aliphatic carbocycles. The molecule has 0 spiro atoms. The summed E-state index contributed by atoms with van der Waals surface area (Å²) in [5, 5.41) is 10.9. The molecule has 84 valence electrons. The van der Waals surface area contributed by atoms with Crippen LogP contribution in [-0.4, -0.2) is 23.0 Å². The number of carbonyl (C=O) groups is 1. The molecule has 0 radical (unpaired) electrons. The predicted octanol–water partition coefficient (Wildman–Crippen LogP) is 2.29. The average molecular weight is 239 g/mol. The van der Waals surface area contributed by atoms with Crippen molar-refractivity contribution in [3.63, 3.8) is 0 Å². The maximum Gasteiger partial charge on any atom is 0.254 e. The normalized spacial score (nSPS) is 23.4. The first kappa shape index (κ1) is 11.0. The molecule has 16 heavy (non-hydrogen) atoms. The van der Waals surface area contributed by atoms with E-state index >= 15 is 0 Å². The van der Waals surface area contributed by atoms with Crippen molar-refractivity contribution in [2.24, 2.45) is 10.2 Å². The lowest BCUT2D eigenvalue weighted by Gasteiger charge is -2.17. The topological polar surface area (TPSA) is 66.7 Å². The highest BCUT2D eigenvalue weighted by Crippen LogP contribution is 2.24. The summed E-state index contributed by atoms with van der Waals surface area (Å²) in [7, 11) is 0. The number of nitrogens with one attached hydrogen (secondary N) is 1. The van der Waals surface area contributed by atoms with Gasteiger partial charge in [0.05, 0.1) is 18.4 Å². The Balaban J connectivity index is 2.07. The zero-order valence-corrected chi connectivity index (χ0v) is 9.53. The largest absolute Gasteiger partial charge is 0.323 e. The van der Waals surface area contributed by atoms with Crippen LogP contribution in [0.25, 0.3) is 0 Å². The number of aromatic nitrogens is 1. The van der Waals surface area contributed by atoms with Gasteiger partial charge in [0.15, 0.2) is 5.54 Å². The van der Waals surface area contributed by atoms with Gasteiger partial charge in [-0.3, -0.25) is 4.79 Å². The SMILES string of the molecule is CC1(C(=O)Nc2ccc(Cl)nc2)CCN=N1. The minimum absolute atomic E-state index is 0.169. The van der Waals surface area contributed by atoms with Crippen LogP contribution in [0.2, 0.25) is 5.15 Å². The standard InChI is InChI=1S/C10H11ClN4O/c1-10(4-5-13-15-10)9(16)14-7-2-3-8(11)12-6-7/h2-3,6H,4-5H2,1H3,(H,14,16). The van der Waals surface area contributed by atoms with Crippen LogP contribution in [0.5, 0.6) is 0 Å². The number of azo groups is 1. The summed E-state index contributed by atoms with van der Waals surface area (Å²) < 4.78 is 0. The van der Waals surface area contributed by atoms with Gasteiger partial charge in [-0.2, -0.15) is 10.2 Å². The number of hydrogen-bond acceptors (Lipinski definition) is 4. The lowest BCUT2D eigenvalue weighted by molar-refractivity contribution is -0.120. The zero-order valence-electron chi connectivity index (χ0n) is 8.77. The van der Waals surface area contributed by atoms with Crippen molar-refractivity contribution >= 4 is 23.2 Å². The van der Waals surface area contributed by atoms with Gasteiger partial charge in [-0.25, -0.2) is 4.98 Å². The van der Waals surface area contributed by atoms with Gasteiger partial charge < -0.3 is 5.32 Å². The summed E-state index contributed by atoms with van der Waals surface area (Å²) in [6.07, 6.45) is 2.15. The molecule has 1 amide bonds. The Morgan fingerprint density at radius 1 is 1.56 bits per heavy atom. The van der Waals surface area contributed by atoms with E-state index in [2.05, 4.69) is 20.5 Å². The highest BCUT2D eigenvalue weighted by molar-refractivity contribution is 6.29. The fourth-order valence-electron chi connectivity index (χ4n) is 1.40. The number of nitrogens with zero attached hydrogens (tertiary/aromatic N) is 3. The Hall–Kier alpha value is -1.49. The van der Waals surface area contributed by atoms with E-state index in [1.54, 1.807) is 19.1 Å². The molecule has 5 nitrogen and oxygen atoms in total. The van der Waals surface area contributed by atoms with Gasteiger partial charge in [0, 0.05) is 6.42 Å². The summed E-state index contributed by atoms with van der Waals surface area (Å²) >= 11 is 5.65. The van der Waals surface area contributed by atoms with Crippen molar-refractivity contribution in [1.29, 1.82) is 0 Å². The zero-order chi connectivity index (χ0) is 11.6. The molecule has 0 aromatic carbocycles. The molecule has 0 fully saturated rings. The van der Waals surface area contributed by atoms with Crippen LogP contribution < -0.4 is 5.32 Å². The Bertz CT molecular complexity index is 431. The Labute approximate surface area is 97.9 Å². The number of pyridine rings is 1. The van der Waals surface area contributed by atoms with Crippen molar-refractivity contribution in [2.45, 2.75) is 18.9 Å². The lowest BCUT2D eigenvalue weighted by Crippen LogP contribution is -2.36. The van der Waals surface area contributed by atoms with Crippen molar-refractivity contribution in [3.8, 4) is 0 Å². The number of anilines is 1. The highest BCUT2D eigenvalue weighted by atomic mass is 35.5. The molecule has 6 heteroatoms. The summed E-state index contributed by atoms with van der Waals surface area (Å²) in [5.74, 6) is -0.169. The van der Waals surface area contributed by atoms with E-state index < -0.39 is 5.54 Å². The Morgan fingerprint density at radius 2 is 2.38 bits per heavy atom. The molecule has 2 heterocycles. The van der Waals surface area contributed by atoms with Crippen molar-refractivity contribution in [1.82, 2.24) is 4.98 Å². The van der Waals surface area contributed by atoms with E-state index in [1.165, 1.54) is 6.20 Å². The van der Waals surface area contributed by atoms with Crippen molar-refractivity contribution in [2.75, 3.05) is 11.9 Å². The molecule has 1 atom stereocenters. The van der Waals surface area contributed by atoms with E-state index in [0.29, 0.717) is 23.8 Å². The summed E-state index contributed by atoms with van der Waals surface area (Å²) in [5.41, 5.74) is -0.141. The maximum atomic E-state index is 11.9. The van der Waals surface area contributed by atoms with E-state index in [0.717, 1.165) is 0 Å². The number of halogens is 1.